The summed E-state index contributed by atoms with van der Waals surface area (Å²) in [5, 5.41) is 13.7. The van der Waals surface area contributed by atoms with Crippen LogP contribution in [0.25, 0.3) is 0 Å². The van der Waals surface area contributed by atoms with E-state index in [1.807, 2.05) is 0 Å². The summed E-state index contributed by atoms with van der Waals surface area (Å²) >= 11 is 12.9. The van der Waals surface area contributed by atoms with Gasteiger partial charge < -0.3 is 10.1 Å². The van der Waals surface area contributed by atoms with Gasteiger partial charge in [0.25, 0.3) is 11.6 Å². The Bertz CT molecular complexity index is 830. The highest BCUT2D eigenvalue weighted by molar-refractivity contribution is 8.00. The number of esters is 1. The molecule has 7 nitrogen and oxygen atoms in total. The fraction of sp³-hybridized carbons (Fsp3) is 0.125. The maximum Gasteiger partial charge on any atom is 0.316 e. The number of non-ortho nitro benzene ring substituents is 1. The molecule has 0 unspecified atom stereocenters. The largest absolute Gasteiger partial charge is 0.455 e. The monoisotopic (exact) mass is 414 g/mol. The van der Waals surface area contributed by atoms with Crippen molar-refractivity contribution < 1.29 is 19.2 Å². The third kappa shape index (κ3) is 6.21. The molecule has 26 heavy (non-hydrogen) atoms. The molecule has 0 saturated carbocycles. The zero-order valence-corrected chi connectivity index (χ0v) is 15.4. The van der Waals surface area contributed by atoms with Crippen molar-refractivity contribution in [3.8, 4) is 0 Å². The quantitative estimate of drug-likeness (QED) is 0.315. The molecule has 0 heterocycles. The van der Waals surface area contributed by atoms with Crippen molar-refractivity contribution in [3.63, 3.8) is 0 Å². The van der Waals surface area contributed by atoms with E-state index in [2.05, 4.69) is 5.32 Å². The van der Waals surface area contributed by atoms with Crippen LogP contribution >= 0.6 is 35.0 Å². The number of benzene rings is 2. The van der Waals surface area contributed by atoms with E-state index in [1.54, 1.807) is 24.3 Å². The lowest BCUT2D eigenvalue weighted by Crippen LogP contribution is -2.21. The van der Waals surface area contributed by atoms with Crippen LogP contribution in [-0.2, 0) is 14.3 Å². The molecule has 2 aromatic carbocycles. The number of nitro benzene ring substituents is 1. The predicted molar refractivity (Wildman–Crippen MR) is 99.9 cm³/mol. The van der Waals surface area contributed by atoms with Gasteiger partial charge in [-0.2, -0.15) is 0 Å². The first-order valence-corrected chi connectivity index (χ1v) is 8.87. The van der Waals surface area contributed by atoms with E-state index in [-0.39, 0.29) is 22.2 Å². The SMILES string of the molecule is O=C(COC(=O)CSc1ccc(Cl)cc1)Nc1ccc([N+](=O)[O-])cc1Cl. The summed E-state index contributed by atoms with van der Waals surface area (Å²) in [4.78, 5) is 34.4. The number of carbonyl (C=O) groups is 2. The molecule has 0 atom stereocenters. The first-order chi connectivity index (χ1) is 12.3. The minimum absolute atomic E-state index is 0.0113. The fourth-order valence-electron chi connectivity index (χ4n) is 1.77. The summed E-state index contributed by atoms with van der Waals surface area (Å²) in [5.41, 5.74) is -0.00694. The van der Waals surface area contributed by atoms with Gasteiger partial charge in [-0.25, -0.2) is 0 Å². The van der Waals surface area contributed by atoms with Crippen LogP contribution in [-0.4, -0.2) is 29.2 Å². The number of nitrogens with zero attached hydrogens (tertiary/aromatic N) is 1. The molecule has 1 amide bonds. The number of rotatable bonds is 7. The highest BCUT2D eigenvalue weighted by Gasteiger charge is 2.13. The lowest BCUT2D eigenvalue weighted by Gasteiger charge is -2.08. The third-order valence-corrected chi connectivity index (χ3v) is 4.52. The maximum absolute atomic E-state index is 11.8. The van der Waals surface area contributed by atoms with E-state index >= 15 is 0 Å². The van der Waals surface area contributed by atoms with Gasteiger partial charge in [0.05, 0.1) is 21.4 Å². The number of nitro groups is 1. The van der Waals surface area contributed by atoms with Gasteiger partial charge in [-0.05, 0) is 30.3 Å². The Morgan fingerprint density at radius 1 is 1.15 bits per heavy atom. The molecule has 0 aliphatic rings. The Morgan fingerprint density at radius 3 is 2.46 bits per heavy atom. The van der Waals surface area contributed by atoms with E-state index in [0.717, 1.165) is 11.0 Å². The predicted octanol–water partition coefficient (Wildman–Crippen LogP) is 4.18. The maximum atomic E-state index is 11.8. The summed E-state index contributed by atoms with van der Waals surface area (Å²) in [6.45, 7) is -0.493. The number of hydrogen-bond acceptors (Lipinski definition) is 6. The van der Waals surface area contributed by atoms with Crippen molar-refractivity contribution in [2.45, 2.75) is 4.90 Å². The minimum Gasteiger partial charge on any atom is -0.455 e. The molecular weight excluding hydrogens is 403 g/mol. The Kier molecular flexibility index (Phi) is 7.26. The highest BCUT2D eigenvalue weighted by Crippen LogP contribution is 2.26. The molecule has 0 radical (unpaired) electrons. The van der Waals surface area contributed by atoms with Crippen molar-refractivity contribution in [1.82, 2.24) is 0 Å². The summed E-state index contributed by atoms with van der Waals surface area (Å²) in [6.07, 6.45) is 0. The van der Waals surface area contributed by atoms with Gasteiger partial charge in [0.1, 0.15) is 0 Å². The normalized spacial score (nSPS) is 10.2. The molecule has 0 fully saturated rings. The Balaban J connectivity index is 1.78. The molecular formula is C16H12Cl2N2O5S. The molecule has 0 saturated heterocycles. The second kappa shape index (κ2) is 9.42. The molecule has 2 aromatic rings. The molecule has 0 aromatic heterocycles. The van der Waals surface area contributed by atoms with Crippen molar-refractivity contribution >= 4 is 58.2 Å². The number of thioether (sulfide) groups is 1. The average molecular weight is 415 g/mol. The van der Waals surface area contributed by atoms with Gasteiger partial charge in [-0.3, -0.25) is 19.7 Å². The highest BCUT2D eigenvalue weighted by atomic mass is 35.5. The lowest BCUT2D eigenvalue weighted by atomic mass is 10.3. The van der Waals surface area contributed by atoms with Crippen molar-refractivity contribution in [3.05, 3.63) is 62.6 Å². The standard InChI is InChI=1S/C16H12Cl2N2O5S/c17-10-1-4-12(5-2-10)26-9-16(22)25-8-15(21)19-14-6-3-11(20(23)24)7-13(14)18/h1-7H,8-9H2,(H,19,21). The fourth-order valence-corrected chi connectivity index (χ4v) is 2.81. The van der Waals surface area contributed by atoms with Gasteiger partial charge >= 0.3 is 5.97 Å². The molecule has 0 aliphatic heterocycles. The van der Waals surface area contributed by atoms with Gasteiger partial charge in [0, 0.05) is 22.1 Å². The van der Waals surface area contributed by atoms with E-state index in [9.17, 15) is 19.7 Å². The minimum atomic E-state index is -0.606. The summed E-state index contributed by atoms with van der Waals surface area (Å²) < 4.78 is 4.87. The third-order valence-electron chi connectivity index (χ3n) is 2.97. The van der Waals surface area contributed by atoms with Gasteiger partial charge in [0.2, 0.25) is 0 Å². The van der Waals surface area contributed by atoms with Gasteiger partial charge in [-0.15, -0.1) is 11.8 Å². The second-order valence-electron chi connectivity index (χ2n) is 4.87. The zero-order chi connectivity index (χ0) is 19.1. The number of anilines is 1. The lowest BCUT2D eigenvalue weighted by molar-refractivity contribution is -0.384. The van der Waals surface area contributed by atoms with E-state index < -0.39 is 23.4 Å². The van der Waals surface area contributed by atoms with Crippen LogP contribution in [0.1, 0.15) is 0 Å². The molecule has 0 aliphatic carbocycles. The number of ether oxygens (including phenoxy) is 1. The average Bonchev–Trinajstić information content (AvgIpc) is 2.61. The van der Waals surface area contributed by atoms with Crippen LogP contribution < -0.4 is 5.32 Å². The van der Waals surface area contributed by atoms with Gasteiger partial charge in [-0.1, -0.05) is 23.2 Å². The number of halogens is 2. The van der Waals surface area contributed by atoms with Crippen LogP contribution in [0.3, 0.4) is 0 Å². The Morgan fingerprint density at radius 2 is 1.85 bits per heavy atom. The van der Waals surface area contributed by atoms with Crippen LogP contribution in [0.4, 0.5) is 11.4 Å². The van der Waals surface area contributed by atoms with Crippen molar-refractivity contribution in [2.75, 3.05) is 17.7 Å². The molecule has 2 rings (SSSR count). The van der Waals surface area contributed by atoms with Crippen molar-refractivity contribution in [1.29, 1.82) is 0 Å². The van der Waals surface area contributed by atoms with E-state index in [1.165, 1.54) is 23.9 Å². The molecule has 136 valence electrons. The molecule has 0 bridgehead atoms. The second-order valence-corrected chi connectivity index (χ2v) is 6.77. The van der Waals surface area contributed by atoms with Crippen LogP contribution in [0.5, 0.6) is 0 Å². The first-order valence-electron chi connectivity index (χ1n) is 7.13. The van der Waals surface area contributed by atoms with Crippen molar-refractivity contribution in [2.24, 2.45) is 0 Å². The Hall–Kier alpha value is -2.29. The molecule has 0 spiro atoms. The van der Waals surface area contributed by atoms with Crippen LogP contribution in [0.2, 0.25) is 10.0 Å². The van der Waals surface area contributed by atoms with Crippen LogP contribution in [0.15, 0.2) is 47.4 Å². The Labute approximate surface area is 162 Å². The smallest absolute Gasteiger partial charge is 0.316 e. The number of carbonyl (C=O) groups excluding carboxylic acids is 2. The molecule has 1 N–H and O–H groups in total. The van der Waals surface area contributed by atoms with E-state index in [0.29, 0.717) is 5.02 Å². The topological polar surface area (TPSA) is 98.5 Å². The molecule has 10 heteroatoms. The number of nitrogens with one attached hydrogen (secondary N) is 1. The summed E-state index contributed by atoms with van der Waals surface area (Å²) in [6, 6.07) is 10.6. The number of hydrogen-bond donors (Lipinski definition) is 1. The zero-order valence-electron chi connectivity index (χ0n) is 13.1. The van der Waals surface area contributed by atoms with E-state index in [4.69, 9.17) is 27.9 Å². The van der Waals surface area contributed by atoms with Crippen LogP contribution in [0, 0.1) is 10.1 Å². The van der Waals surface area contributed by atoms with Gasteiger partial charge in [0.15, 0.2) is 6.61 Å². The first kappa shape index (κ1) is 20.0. The summed E-state index contributed by atoms with van der Waals surface area (Å²) in [5.74, 6) is -1.13. The number of amides is 1. The summed E-state index contributed by atoms with van der Waals surface area (Å²) in [7, 11) is 0.